The summed E-state index contributed by atoms with van der Waals surface area (Å²) in [7, 11) is 0. The summed E-state index contributed by atoms with van der Waals surface area (Å²) in [6.45, 7) is 1.99. The van der Waals surface area contributed by atoms with Gasteiger partial charge >= 0.3 is 0 Å². The van der Waals surface area contributed by atoms with Gasteiger partial charge in [0.15, 0.2) is 11.6 Å². The zero-order chi connectivity index (χ0) is 18.6. The van der Waals surface area contributed by atoms with Gasteiger partial charge in [-0.1, -0.05) is 31.7 Å². The Morgan fingerprint density at radius 3 is 2.56 bits per heavy atom. The average Bonchev–Trinajstić information content (AvgIpc) is 2.93. The van der Waals surface area contributed by atoms with Crippen molar-refractivity contribution in [1.82, 2.24) is 15.0 Å². The molecule has 4 N–H and O–H groups in total. The van der Waals surface area contributed by atoms with Gasteiger partial charge in [0.05, 0.1) is 5.52 Å². The number of nitrogen functional groups attached to an aromatic ring is 1. The molecule has 2 aromatic heterocycles. The molecule has 6 heteroatoms. The van der Waals surface area contributed by atoms with Crippen LogP contribution >= 0.6 is 0 Å². The highest BCUT2D eigenvalue weighted by atomic mass is 15.1. The van der Waals surface area contributed by atoms with E-state index in [1.54, 1.807) is 6.33 Å². The van der Waals surface area contributed by atoms with Crippen LogP contribution < -0.4 is 16.4 Å². The fourth-order valence-corrected chi connectivity index (χ4v) is 3.72. The molecule has 0 amide bonds. The first-order valence-electron chi connectivity index (χ1n) is 9.71. The van der Waals surface area contributed by atoms with Crippen molar-refractivity contribution in [3.63, 3.8) is 0 Å². The van der Waals surface area contributed by atoms with Crippen LogP contribution in [-0.4, -0.2) is 21.0 Å². The fraction of sp³-hybridized carbons (Fsp3) is 0.381. The number of hydrogen-bond donors (Lipinski definition) is 3. The average molecular weight is 362 g/mol. The van der Waals surface area contributed by atoms with Crippen molar-refractivity contribution in [3.05, 3.63) is 42.4 Å². The molecule has 0 atom stereocenters. The lowest BCUT2D eigenvalue weighted by atomic mass is 10.1. The second kappa shape index (κ2) is 7.78. The topological polar surface area (TPSA) is 88.8 Å². The minimum Gasteiger partial charge on any atom is -0.393 e. The number of benzene rings is 1. The highest BCUT2D eigenvalue weighted by Crippen LogP contribution is 2.31. The molecule has 0 radical (unpaired) electrons. The number of fused-ring (bicyclic) bond motifs is 1. The first-order chi connectivity index (χ1) is 13.2. The Morgan fingerprint density at radius 1 is 0.963 bits per heavy atom. The maximum atomic E-state index is 6.39. The summed E-state index contributed by atoms with van der Waals surface area (Å²) in [5, 5.41) is 7.94. The summed E-state index contributed by atoms with van der Waals surface area (Å²) >= 11 is 0. The van der Waals surface area contributed by atoms with E-state index in [4.69, 9.17) is 5.73 Å². The number of aryl methyl sites for hydroxylation is 1. The Morgan fingerprint density at radius 2 is 1.74 bits per heavy atom. The molecule has 1 aromatic carbocycles. The molecule has 27 heavy (non-hydrogen) atoms. The van der Waals surface area contributed by atoms with Crippen LogP contribution in [-0.2, 0) is 0 Å². The third-order valence-electron chi connectivity index (χ3n) is 5.20. The highest BCUT2D eigenvalue weighted by molar-refractivity contribution is 5.94. The van der Waals surface area contributed by atoms with Gasteiger partial charge in [-0.15, -0.1) is 0 Å². The summed E-state index contributed by atoms with van der Waals surface area (Å²) in [6.07, 6.45) is 9.05. The summed E-state index contributed by atoms with van der Waals surface area (Å²) in [5.74, 6) is 1.34. The third kappa shape index (κ3) is 3.94. The van der Waals surface area contributed by atoms with Gasteiger partial charge in [0, 0.05) is 22.8 Å². The van der Waals surface area contributed by atoms with Crippen LogP contribution in [0, 0.1) is 6.92 Å². The Balaban J connectivity index is 1.60. The quantitative estimate of drug-likeness (QED) is 0.578. The smallest absolute Gasteiger partial charge is 0.159 e. The van der Waals surface area contributed by atoms with Crippen molar-refractivity contribution in [2.75, 3.05) is 16.4 Å². The number of aromatic nitrogens is 3. The molecular formula is C21H26N6. The Bertz CT molecular complexity index is 931. The van der Waals surface area contributed by atoms with E-state index in [0.717, 1.165) is 22.3 Å². The van der Waals surface area contributed by atoms with Gasteiger partial charge in [0.2, 0.25) is 0 Å². The van der Waals surface area contributed by atoms with E-state index in [1.807, 2.05) is 31.2 Å². The van der Waals surface area contributed by atoms with Gasteiger partial charge in [-0.3, -0.25) is 4.98 Å². The van der Waals surface area contributed by atoms with E-state index >= 15 is 0 Å². The second-order valence-electron chi connectivity index (χ2n) is 7.27. The molecule has 1 aliphatic rings. The molecule has 1 fully saturated rings. The molecule has 4 rings (SSSR count). The minimum atomic E-state index is 0.433. The van der Waals surface area contributed by atoms with Crippen LogP contribution in [0.15, 0.2) is 36.7 Å². The lowest BCUT2D eigenvalue weighted by Gasteiger charge is -2.19. The predicted octanol–water partition coefficient (Wildman–Crippen LogP) is 4.79. The molecular weight excluding hydrogens is 336 g/mol. The number of hydrogen-bond acceptors (Lipinski definition) is 6. The van der Waals surface area contributed by atoms with Gasteiger partial charge in [-0.05, 0) is 44.0 Å². The monoisotopic (exact) mass is 362 g/mol. The van der Waals surface area contributed by atoms with Crippen molar-refractivity contribution in [1.29, 1.82) is 0 Å². The summed E-state index contributed by atoms with van der Waals surface area (Å²) in [5.41, 5.74) is 9.83. The van der Waals surface area contributed by atoms with E-state index in [1.165, 1.54) is 38.5 Å². The van der Waals surface area contributed by atoms with Crippen molar-refractivity contribution in [2.45, 2.75) is 51.5 Å². The first kappa shape index (κ1) is 17.5. The van der Waals surface area contributed by atoms with Crippen molar-refractivity contribution < 1.29 is 0 Å². The standard InChI is InChI=1S/C21H26N6/c1-14-11-12-16-17(25-14)9-6-10-18(16)27-21-19(22)20(23-13-24-21)26-15-7-4-2-3-5-8-15/h6,9-13,15H,2-5,7-8,22H2,1H3,(H2,23,24,26,27). The number of nitrogens with one attached hydrogen (secondary N) is 2. The fourth-order valence-electron chi connectivity index (χ4n) is 3.72. The number of nitrogens with zero attached hydrogens (tertiary/aromatic N) is 3. The second-order valence-corrected chi connectivity index (χ2v) is 7.27. The molecule has 3 aromatic rings. The molecule has 0 aliphatic heterocycles. The normalized spacial score (nSPS) is 15.4. The lowest BCUT2D eigenvalue weighted by Crippen LogP contribution is -2.20. The summed E-state index contributed by atoms with van der Waals surface area (Å²) in [4.78, 5) is 13.3. The maximum Gasteiger partial charge on any atom is 0.159 e. The number of anilines is 4. The molecule has 140 valence electrons. The summed E-state index contributed by atoms with van der Waals surface area (Å²) in [6, 6.07) is 10.5. The van der Waals surface area contributed by atoms with E-state index < -0.39 is 0 Å². The van der Waals surface area contributed by atoms with Crippen LogP contribution in [0.2, 0.25) is 0 Å². The van der Waals surface area contributed by atoms with E-state index in [-0.39, 0.29) is 0 Å². The largest absolute Gasteiger partial charge is 0.393 e. The molecule has 1 saturated carbocycles. The molecule has 0 bridgehead atoms. The number of nitrogens with two attached hydrogens (primary N) is 1. The van der Waals surface area contributed by atoms with Gasteiger partial charge in [-0.25, -0.2) is 9.97 Å². The van der Waals surface area contributed by atoms with Gasteiger partial charge in [0.1, 0.15) is 12.0 Å². The van der Waals surface area contributed by atoms with Crippen LogP contribution in [0.4, 0.5) is 23.0 Å². The van der Waals surface area contributed by atoms with Crippen molar-refractivity contribution in [2.24, 2.45) is 0 Å². The molecule has 0 saturated heterocycles. The van der Waals surface area contributed by atoms with Crippen LogP contribution in [0.5, 0.6) is 0 Å². The SMILES string of the molecule is Cc1ccc2c(Nc3ncnc(NC4CCCCCC4)c3N)cccc2n1. The van der Waals surface area contributed by atoms with Gasteiger partial charge in [-0.2, -0.15) is 0 Å². The van der Waals surface area contributed by atoms with Gasteiger partial charge in [0.25, 0.3) is 0 Å². The molecule has 0 unspecified atom stereocenters. The molecule has 0 spiro atoms. The minimum absolute atomic E-state index is 0.433. The number of pyridine rings is 1. The summed E-state index contributed by atoms with van der Waals surface area (Å²) < 4.78 is 0. The first-order valence-corrected chi connectivity index (χ1v) is 9.71. The van der Waals surface area contributed by atoms with Crippen molar-refractivity contribution in [3.8, 4) is 0 Å². The van der Waals surface area contributed by atoms with Crippen molar-refractivity contribution >= 4 is 33.9 Å². The molecule has 2 heterocycles. The van der Waals surface area contributed by atoms with E-state index in [9.17, 15) is 0 Å². The zero-order valence-electron chi connectivity index (χ0n) is 15.7. The zero-order valence-corrected chi connectivity index (χ0v) is 15.7. The highest BCUT2D eigenvalue weighted by Gasteiger charge is 2.16. The predicted molar refractivity (Wildman–Crippen MR) is 111 cm³/mol. The van der Waals surface area contributed by atoms with Crippen LogP contribution in [0.3, 0.4) is 0 Å². The maximum absolute atomic E-state index is 6.39. The van der Waals surface area contributed by atoms with Crippen LogP contribution in [0.1, 0.15) is 44.2 Å². The lowest BCUT2D eigenvalue weighted by molar-refractivity contribution is 0.618. The van der Waals surface area contributed by atoms with Crippen LogP contribution in [0.25, 0.3) is 10.9 Å². The molecule has 6 nitrogen and oxygen atoms in total. The Hall–Kier alpha value is -2.89. The Labute approximate surface area is 159 Å². The number of rotatable bonds is 4. The van der Waals surface area contributed by atoms with E-state index in [0.29, 0.717) is 23.4 Å². The molecule has 1 aliphatic carbocycles. The van der Waals surface area contributed by atoms with Gasteiger partial charge < -0.3 is 16.4 Å². The third-order valence-corrected chi connectivity index (χ3v) is 5.20. The Kier molecular flexibility index (Phi) is 5.05. The van der Waals surface area contributed by atoms with E-state index in [2.05, 4.69) is 31.7 Å².